The lowest BCUT2D eigenvalue weighted by molar-refractivity contribution is 0.414. The van der Waals surface area contributed by atoms with E-state index in [4.69, 9.17) is 4.74 Å². The number of halogens is 1. The summed E-state index contributed by atoms with van der Waals surface area (Å²) in [5.74, 6) is -0.0341. The van der Waals surface area contributed by atoms with Crippen molar-refractivity contribution >= 4 is 10.0 Å². The van der Waals surface area contributed by atoms with Crippen LogP contribution >= 0.6 is 0 Å². The molecule has 1 unspecified atom stereocenters. The number of sulfonamides is 1. The van der Waals surface area contributed by atoms with Crippen molar-refractivity contribution in [2.45, 2.75) is 31.2 Å². The summed E-state index contributed by atoms with van der Waals surface area (Å²) in [6, 6.07) is 11.1. The number of rotatable bonds is 6. The van der Waals surface area contributed by atoms with E-state index in [0.29, 0.717) is 17.7 Å². The molecular weight excluding hydrogens is 317 g/mol. The Labute approximate surface area is 136 Å². The molecule has 2 aromatic carbocycles. The Morgan fingerprint density at radius 3 is 2.61 bits per heavy atom. The highest BCUT2D eigenvalue weighted by atomic mass is 32.2. The van der Waals surface area contributed by atoms with Gasteiger partial charge in [-0.15, -0.1) is 0 Å². The fourth-order valence-electron chi connectivity index (χ4n) is 2.35. The van der Waals surface area contributed by atoms with Crippen molar-refractivity contribution in [3.63, 3.8) is 0 Å². The zero-order valence-electron chi connectivity index (χ0n) is 13.3. The lowest BCUT2D eigenvalue weighted by Crippen LogP contribution is -2.34. The molecule has 1 atom stereocenters. The first kappa shape index (κ1) is 17.4. The lowest BCUT2D eigenvalue weighted by Gasteiger charge is -2.15. The largest absolute Gasteiger partial charge is 0.497 e. The van der Waals surface area contributed by atoms with Crippen molar-refractivity contribution in [1.82, 2.24) is 4.72 Å². The molecule has 1 N–H and O–H groups in total. The molecule has 0 fully saturated rings. The maximum absolute atomic E-state index is 13.9. The van der Waals surface area contributed by atoms with Crippen molar-refractivity contribution in [2.75, 3.05) is 7.11 Å². The normalized spacial score (nSPS) is 12.9. The maximum atomic E-state index is 13.9. The minimum Gasteiger partial charge on any atom is -0.497 e. The van der Waals surface area contributed by atoms with Crippen LogP contribution in [0.25, 0.3) is 0 Å². The van der Waals surface area contributed by atoms with E-state index in [1.807, 2.05) is 24.3 Å². The molecule has 0 aliphatic rings. The van der Waals surface area contributed by atoms with Gasteiger partial charge in [-0.25, -0.2) is 17.5 Å². The highest BCUT2D eigenvalue weighted by molar-refractivity contribution is 7.89. The molecule has 0 aliphatic heterocycles. The van der Waals surface area contributed by atoms with E-state index >= 15 is 0 Å². The van der Waals surface area contributed by atoms with Crippen LogP contribution in [-0.2, 0) is 16.4 Å². The van der Waals surface area contributed by atoms with Gasteiger partial charge in [0.1, 0.15) is 16.5 Å². The van der Waals surface area contributed by atoms with Crippen LogP contribution < -0.4 is 9.46 Å². The van der Waals surface area contributed by atoms with Crippen LogP contribution in [0.5, 0.6) is 5.75 Å². The van der Waals surface area contributed by atoms with Gasteiger partial charge >= 0.3 is 0 Å². The predicted octanol–water partition coefficient (Wildman–Crippen LogP) is 3.05. The summed E-state index contributed by atoms with van der Waals surface area (Å²) < 4.78 is 46.2. The van der Waals surface area contributed by atoms with E-state index in [0.717, 1.165) is 5.56 Å². The van der Waals surface area contributed by atoms with E-state index in [2.05, 4.69) is 4.72 Å². The molecule has 0 saturated heterocycles. The predicted molar refractivity (Wildman–Crippen MR) is 87.6 cm³/mol. The van der Waals surface area contributed by atoms with Gasteiger partial charge in [0, 0.05) is 6.04 Å². The second-order valence-corrected chi connectivity index (χ2v) is 7.19. The van der Waals surface area contributed by atoms with Crippen molar-refractivity contribution in [2.24, 2.45) is 0 Å². The van der Waals surface area contributed by atoms with Crippen LogP contribution in [0.15, 0.2) is 47.4 Å². The van der Waals surface area contributed by atoms with Crippen LogP contribution in [0.3, 0.4) is 0 Å². The summed E-state index contributed by atoms with van der Waals surface area (Å²) in [5, 5.41) is 0. The van der Waals surface area contributed by atoms with Gasteiger partial charge in [0.25, 0.3) is 0 Å². The number of ether oxygens (including phenoxy) is 1. The fraction of sp³-hybridized carbons (Fsp3) is 0.294. The van der Waals surface area contributed by atoms with Crippen LogP contribution in [0.2, 0.25) is 0 Å². The highest BCUT2D eigenvalue weighted by Crippen LogP contribution is 2.18. The molecule has 2 aromatic rings. The number of aryl methyl sites for hydroxylation is 1. The molecule has 4 nitrogen and oxygen atoms in total. The molecule has 23 heavy (non-hydrogen) atoms. The van der Waals surface area contributed by atoms with Gasteiger partial charge in [0.2, 0.25) is 10.0 Å². The SMILES string of the molecule is COc1cccc(CC(C)NS(=O)(=O)c2ccc(C)cc2F)c1. The molecule has 0 bridgehead atoms. The molecule has 6 heteroatoms. The second kappa shape index (κ2) is 7.10. The molecule has 0 radical (unpaired) electrons. The quantitative estimate of drug-likeness (QED) is 0.881. The van der Waals surface area contributed by atoms with Gasteiger partial charge in [-0.3, -0.25) is 0 Å². The van der Waals surface area contributed by atoms with Gasteiger partial charge in [-0.05, 0) is 55.7 Å². The van der Waals surface area contributed by atoms with Crippen LogP contribution in [0.1, 0.15) is 18.1 Å². The molecule has 0 spiro atoms. The maximum Gasteiger partial charge on any atom is 0.243 e. The molecular formula is C17H20FNO3S. The summed E-state index contributed by atoms with van der Waals surface area (Å²) in [4.78, 5) is -0.333. The minimum absolute atomic E-state index is 0.333. The summed E-state index contributed by atoms with van der Waals surface area (Å²) in [6.07, 6.45) is 0.476. The van der Waals surface area contributed by atoms with Crippen molar-refractivity contribution in [1.29, 1.82) is 0 Å². The van der Waals surface area contributed by atoms with Gasteiger partial charge in [0.15, 0.2) is 0 Å². The van der Waals surface area contributed by atoms with Gasteiger partial charge < -0.3 is 4.74 Å². The number of benzene rings is 2. The monoisotopic (exact) mass is 337 g/mol. The van der Waals surface area contributed by atoms with E-state index in [-0.39, 0.29) is 10.9 Å². The van der Waals surface area contributed by atoms with Gasteiger partial charge in [-0.1, -0.05) is 18.2 Å². The van der Waals surface area contributed by atoms with Crippen LogP contribution in [-0.4, -0.2) is 21.6 Å². The zero-order valence-corrected chi connectivity index (χ0v) is 14.2. The average molecular weight is 337 g/mol. The van der Waals surface area contributed by atoms with Crippen LogP contribution in [0.4, 0.5) is 4.39 Å². The zero-order chi connectivity index (χ0) is 17.0. The van der Waals surface area contributed by atoms with Gasteiger partial charge in [0.05, 0.1) is 7.11 Å². The van der Waals surface area contributed by atoms with E-state index < -0.39 is 15.8 Å². The Hall–Kier alpha value is -1.92. The summed E-state index contributed by atoms with van der Waals surface area (Å²) in [7, 11) is -2.32. The first-order valence-electron chi connectivity index (χ1n) is 7.23. The molecule has 124 valence electrons. The first-order chi connectivity index (χ1) is 10.8. The Morgan fingerprint density at radius 2 is 1.96 bits per heavy atom. The topological polar surface area (TPSA) is 55.4 Å². The third kappa shape index (κ3) is 4.53. The number of hydrogen-bond donors (Lipinski definition) is 1. The second-order valence-electron chi connectivity index (χ2n) is 5.51. The molecule has 0 aromatic heterocycles. The number of nitrogens with one attached hydrogen (secondary N) is 1. The molecule has 0 amide bonds. The Morgan fingerprint density at radius 1 is 1.22 bits per heavy atom. The van der Waals surface area contributed by atoms with Crippen molar-refractivity contribution < 1.29 is 17.5 Å². The molecule has 0 heterocycles. The lowest BCUT2D eigenvalue weighted by atomic mass is 10.1. The van der Waals surface area contributed by atoms with E-state index in [9.17, 15) is 12.8 Å². The summed E-state index contributed by atoms with van der Waals surface area (Å²) in [5.41, 5.74) is 1.61. The minimum atomic E-state index is -3.90. The molecule has 2 rings (SSSR count). The van der Waals surface area contributed by atoms with Crippen LogP contribution in [0, 0.1) is 12.7 Å². The molecule has 0 saturated carbocycles. The van der Waals surface area contributed by atoms with E-state index in [1.54, 1.807) is 27.0 Å². The Kier molecular flexibility index (Phi) is 5.38. The van der Waals surface area contributed by atoms with Crippen molar-refractivity contribution in [3.05, 3.63) is 59.4 Å². The number of methoxy groups -OCH3 is 1. The first-order valence-corrected chi connectivity index (χ1v) is 8.71. The average Bonchev–Trinajstić information content (AvgIpc) is 2.46. The third-order valence-electron chi connectivity index (χ3n) is 3.41. The van der Waals surface area contributed by atoms with Crippen molar-refractivity contribution in [3.8, 4) is 5.75 Å². The Bertz CT molecular complexity index is 790. The summed E-state index contributed by atoms with van der Waals surface area (Å²) >= 11 is 0. The smallest absolute Gasteiger partial charge is 0.243 e. The molecule has 0 aliphatic carbocycles. The van der Waals surface area contributed by atoms with E-state index in [1.165, 1.54) is 12.1 Å². The third-order valence-corrected chi connectivity index (χ3v) is 5.03. The Balaban J connectivity index is 2.13. The number of hydrogen-bond acceptors (Lipinski definition) is 3. The fourth-order valence-corrected chi connectivity index (χ4v) is 3.65. The standard InChI is InChI=1S/C17H20FNO3S/c1-12-7-8-17(16(18)9-12)23(20,21)19-13(2)10-14-5-4-6-15(11-14)22-3/h4-9,11,13,19H,10H2,1-3H3. The van der Waals surface area contributed by atoms with Gasteiger partial charge in [-0.2, -0.15) is 0 Å². The highest BCUT2D eigenvalue weighted by Gasteiger charge is 2.21. The summed E-state index contributed by atoms with van der Waals surface area (Å²) in [6.45, 7) is 3.45.